The van der Waals surface area contributed by atoms with Gasteiger partial charge in [0.05, 0.1) is 26.3 Å². The summed E-state index contributed by atoms with van der Waals surface area (Å²) in [5, 5.41) is 7.34. The molecule has 0 unspecified atom stereocenters. The van der Waals surface area contributed by atoms with Crippen LogP contribution in [0.1, 0.15) is 41.9 Å². The number of ether oxygens (including phenoxy) is 2. The molecular formula is C28H39N3O3. The zero-order valence-corrected chi connectivity index (χ0v) is 20.6. The third-order valence-electron chi connectivity index (χ3n) is 7.39. The molecule has 0 saturated carbocycles. The molecule has 2 aliphatic rings. The van der Waals surface area contributed by atoms with Crippen LogP contribution in [0, 0.1) is 5.92 Å². The van der Waals surface area contributed by atoms with E-state index in [0.29, 0.717) is 12.1 Å². The van der Waals surface area contributed by atoms with Gasteiger partial charge in [0.25, 0.3) is 0 Å². The van der Waals surface area contributed by atoms with Crippen LogP contribution < -0.4 is 15.4 Å². The molecule has 0 radical (unpaired) electrons. The van der Waals surface area contributed by atoms with Gasteiger partial charge in [0.1, 0.15) is 5.75 Å². The second-order valence-corrected chi connectivity index (χ2v) is 9.58. The molecule has 2 saturated heterocycles. The number of nitrogens with zero attached hydrogens (tertiary/aromatic N) is 1. The number of rotatable bonds is 9. The number of esters is 1. The van der Waals surface area contributed by atoms with E-state index in [9.17, 15) is 4.79 Å². The van der Waals surface area contributed by atoms with Crippen LogP contribution >= 0.6 is 0 Å². The number of methoxy groups -OCH3 is 2. The molecule has 0 bridgehead atoms. The number of piperidine rings is 1. The third-order valence-corrected chi connectivity index (χ3v) is 7.39. The first kappa shape index (κ1) is 24.7. The van der Waals surface area contributed by atoms with Gasteiger partial charge in [0.2, 0.25) is 0 Å². The molecule has 0 amide bonds. The van der Waals surface area contributed by atoms with E-state index in [1.165, 1.54) is 23.8 Å². The number of hydrogen-bond acceptors (Lipinski definition) is 6. The summed E-state index contributed by atoms with van der Waals surface area (Å²) in [4.78, 5) is 14.1. The second kappa shape index (κ2) is 12.3. The molecule has 0 aromatic heterocycles. The summed E-state index contributed by atoms with van der Waals surface area (Å²) >= 11 is 0. The maximum Gasteiger partial charge on any atom is 0.308 e. The maximum absolute atomic E-state index is 11.7. The lowest BCUT2D eigenvalue weighted by molar-refractivity contribution is -0.147. The van der Waals surface area contributed by atoms with E-state index in [0.717, 1.165) is 70.6 Å². The molecule has 34 heavy (non-hydrogen) atoms. The Bertz CT molecular complexity index is 884. The first-order chi connectivity index (χ1) is 16.6. The van der Waals surface area contributed by atoms with Gasteiger partial charge in [0.15, 0.2) is 0 Å². The largest absolute Gasteiger partial charge is 0.497 e. The number of hydrogen-bond donors (Lipinski definition) is 2. The van der Waals surface area contributed by atoms with Crippen LogP contribution in [0.15, 0.2) is 48.5 Å². The zero-order chi connectivity index (χ0) is 23.8. The van der Waals surface area contributed by atoms with Crippen molar-refractivity contribution >= 4 is 5.97 Å². The summed E-state index contributed by atoms with van der Waals surface area (Å²) in [6.07, 6.45) is 5.40. The first-order valence-electron chi connectivity index (χ1n) is 12.6. The van der Waals surface area contributed by atoms with Gasteiger partial charge in [-0.05, 0) is 74.0 Å². The minimum absolute atomic E-state index is 0.0501. The van der Waals surface area contributed by atoms with E-state index < -0.39 is 0 Å². The number of likely N-dealkylation sites (tertiary alicyclic amines) is 1. The van der Waals surface area contributed by atoms with Crippen molar-refractivity contribution in [3.8, 4) is 5.75 Å². The minimum atomic E-state index is -0.0501. The van der Waals surface area contributed by atoms with Gasteiger partial charge in [-0.1, -0.05) is 36.4 Å². The molecule has 0 spiro atoms. The molecule has 6 nitrogen and oxygen atoms in total. The van der Waals surface area contributed by atoms with Gasteiger partial charge in [-0.2, -0.15) is 0 Å². The monoisotopic (exact) mass is 465 g/mol. The molecular weight excluding hydrogens is 426 g/mol. The Morgan fingerprint density at radius 2 is 1.53 bits per heavy atom. The summed E-state index contributed by atoms with van der Waals surface area (Å²) in [6.45, 7) is 5.02. The second-order valence-electron chi connectivity index (χ2n) is 9.58. The molecule has 2 fully saturated rings. The molecule has 2 aliphatic heterocycles. The lowest BCUT2D eigenvalue weighted by atomic mass is 9.96. The number of carbonyl (C=O) groups is 1. The lowest BCUT2D eigenvalue weighted by Gasteiger charge is -2.31. The van der Waals surface area contributed by atoms with Crippen molar-refractivity contribution in [2.75, 3.05) is 46.9 Å². The molecule has 184 valence electrons. The minimum Gasteiger partial charge on any atom is -0.497 e. The Kier molecular flexibility index (Phi) is 8.97. The smallest absolute Gasteiger partial charge is 0.308 e. The van der Waals surface area contributed by atoms with E-state index in [1.807, 2.05) is 12.1 Å². The highest BCUT2D eigenvalue weighted by Crippen LogP contribution is 2.21. The summed E-state index contributed by atoms with van der Waals surface area (Å²) in [7, 11) is 3.19. The number of carbonyl (C=O) groups excluding carboxylic acids is 1. The summed E-state index contributed by atoms with van der Waals surface area (Å²) in [5.74, 6) is 1.44. The maximum atomic E-state index is 11.7. The topological polar surface area (TPSA) is 62.8 Å². The van der Waals surface area contributed by atoms with E-state index in [2.05, 4.69) is 51.9 Å². The fourth-order valence-electron chi connectivity index (χ4n) is 5.06. The van der Waals surface area contributed by atoms with Crippen LogP contribution in [-0.4, -0.2) is 64.0 Å². The predicted molar refractivity (Wildman–Crippen MR) is 135 cm³/mol. The van der Waals surface area contributed by atoms with E-state index in [1.54, 1.807) is 7.11 Å². The normalized spacial score (nSPS) is 21.8. The summed E-state index contributed by atoms with van der Waals surface area (Å²) in [5.41, 5.74) is 4.13. The highest BCUT2D eigenvalue weighted by atomic mass is 16.5. The van der Waals surface area contributed by atoms with Gasteiger partial charge in [0, 0.05) is 25.6 Å². The molecule has 6 heteroatoms. The van der Waals surface area contributed by atoms with Gasteiger partial charge < -0.3 is 25.0 Å². The summed E-state index contributed by atoms with van der Waals surface area (Å²) < 4.78 is 10.1. The predicted octanol–water partition coefficient (Wildman–Crippen LogP) is 3.36. The molecule has 2 aromatic carbocycles. The van der Waals surface area contributed by atoms with Crippen molar-refractivity contribution in [3.63, 3.8) is 0 Å². The van der Waals surface area contributed by atoms with Gasteiger partial charge in [-0.3, -0.25) is 4.79 Å². The fourth-order valence-corrected chi connectivity index (χ4v) is 5.06. The Morgan fingerprint density at radius 1 is 0.912 bits per heavy atom. The Labute approximate surface area is 204 Å². The number of aryl methyl sites for hydroxylation is 1. The quantitative estimate of drug-likeness (QED) is 0.554. The van der Waals surface area contributed by atoms with Crippen molar-refractivity contribution in [1.29, 1.82) is 0 Å². The molecule has 2 N–H and O–H groups in total. The standard InChI is InChI=1S/C28H39N3O3/c1-33-26-10-8-23(9-11-26)25-19-29-27(30-20-25)12-7-21-3-5-22(6-4-21)13-16-31-17-14-24(15-18-31)28(32)34-2/h3-6,8-11,24-25,27,29-30H,7,12-20H2,1-2H3. The van der Waals surface area contributed by atoms with E-state index in [4.69, 9.17) is 9.47 Å². The average molecular weight is 466 g/mol. The van der Waals surface area contributed by atoms with Crippen molar-refractivity contribution in [2.24, 2.45) is 5.92 Å². The van der Waals surface area contributed by atoms with Crippen LogP contribution in [0.3, 0.4) is 0 Å². The van der Waals surface area contributed by atoms with E-state index >= 15 is 0 Å². The van der Waals surface area contributed by atoms with Crippen LogP contribution in [0.25, 0.3) is 0 Å². The Morgan fingerprint density at radius 3 is 2.12 bits per heavy atom. The van der Waals surface area contributed by atoms with Crippen molar-refractivity contribution in [1.82, 2.24) is 15.5 Å². The molecule has 4 rings (SSSR count). The van der Waals surface area contributed by atoms with Crippen molar-refractivity contribution in [3.05, 3.63) is 65.2 Å². The fraction of sp³-hybridized carbons (Fsp3) is 0.536. The Hall–Kier alpha value is -2.41. The SMILES string of the molecule is COC(=O)C1CCN(CCc2ccc(CCC3NCC(c4ccc(OC)cc4)CN3)cc2)CC1. The van der Waals surface area contributed by atoms with Gasteiger partial charge >= 0.3 is 5.97 Å². The van der Waals surface area contributed by atoms with Crippen LogP contribution in [-0.2, 0) is 22.4 Å². The number of benzene rings is 2. The van der Waals surface area contributed by atoms with Crippen LogP contribution in [0.4, 0.5) is 0 Å². The lowest BCUT2D eigenvalue weighted by Crippen LogP contribution is -2.51. The van der Waals surface area contributed by atoms with E-state index in [-0.39, 0.29) is 11.9 Å². The van der Waals surface area contributed by atoms with Gasteiger partial charge in [-0.25, -0.2) is 0 Å². The summed E-state index contributed by atoms with van der Waals surface area (Å²) in [6, 6.07) is 17.5. The third kappa shape index (κ3) is 6.81. The first-order valence-corrected chi connectivity index (χ1v) is 12.6. The molecule has 2 aromatic rings. The van der Waals surface area contributed by atoms with Gasteiger partial charge in [-0.15, -0.1) is 0 Å². The molecule has 2 heterocycles. The van der Waals surface area contributed by atoms with Crippen molar-refractivity contribution < 1.29 is 14.3 Å². The van der Waals surface area contributed by atoms with Crippen LogP contribution in [0.5, 0.6) is 5.75 Å². The highest BCUT2D eigenvalue weighted by molar-refractivity contribution is 5.72. The van der Waals surface area contributed by atoms with Crippen molar-refractivity contribution in [2.45, 2.75) is 44.2 Å². The zero-order valence-electron chi connectivity index (χ0n) is 20.6. The highest BCUT2D eigenvalue weighted by Gasteiger charge is 2.25. The molecule has 0 atom stereocenters. The number of nitrogens with one attached hydrogen (secondary N) is 2. The average Bonchev–Trinajstić information content (AvgIpc) is 2.91. The molecule has 0 aliphatic carbocycles. The Balaban J connectivity index is 1.14. The van der Waals surface area contributed by atoms with Crippen LogP contribution in [0.2, 0.25) is 0 Å².